The highest BCUT2D eigenvalue weighted by Crippen LogP contribution is 2.34. The van der Waals surface area contributed by atoms with Gasteiger partial charge in [0, 0.05) is 25.2 Å². The van der Waals surface area contributed by atoms with Gasteiger partial charge in [0.05, 0.1) is 5.60 Å². The van der Waals surface area contributed by atoms with Gasteiger partial charge < -0.3 is 5.11 Å². The van der Waals surface area contributed by atoms with Gasteiger partial charge in [0.1, 0.15) is 17.5 Å². The smallest absolute Gasteiger partial charge is 0.249 e. The normalized spacial score (nSPS) is 19.1. The van der Waals surface area contributed by atoms with Gasteiger partial charge in [-0.15, -0.1) is 0 Å². The van der Waals surface area contributed by atoms with Gasteiger partial charge in [0.2, 0.25) is 10.0 Å². The van der Waals surface area contributed by atoms with Crippen LogP contribution in [0.4, 0.5) is 13.2 Å². The Hall–Kier alpha value is -1.12. The lowest BCUT2D eigenvalue weighted by atomic mass is 9.85. The van der Waals surface area contributed by atoms with Crippen molar-refractivity contribution in [1.29, 1.82) is 0 Å². The van der Waals surface area contributed by atoms with Crippen molar-refractivity contribution in [1.82, 2.24) is 4.31 Å². The molecule has 0 atom stereocenters. The van der Waals surface area contributed by atoms with E-state index in [1.165, 1.54) is 0 Å². The van der Waals surface area contributed by atoms with Crippen LogP contribution in [0.1, 0.15) is 13.8 Å². The Bertz CT molecular complexity index is 616. The molecule has 8 heteroatoms. The first-order chi connectivity index (χ1) is 9.08. The van der Waals surface area contributed by atoms with Crippen LogP contribution in [0.5, 0.6) is 0 Å². The van der Waals surface area contributed by atoms with Gasteiger partial charge in [-0.1, -0.05) is 13.8 Å². The Morgan fingerprint density at radius 1 is 1.20 bits per heavy atom. The van der Waals surface area contributed by atoms with Gasteiger partial charge in [-0.3, -0.25) is 0 Å². The van der Waals surface area contributed by atoms with E-state index in [9.17, 15) is 26.7 Å². The molecule has 0 unspecified atom stereocenters. The maximum absolute atomic E-state index is 13.5. The number of β-amino-alcohol motifs (C(OH)–C–C–N with tert-alkyl or cyclic N) is 1. The van der Waals surface area contributed by atoms with E-state index < -0.39 is 38.0 Å². The van der Waals surface area contributed by atoms with Crippen molar-refractivity contribution in [2.24, 2.45) is 5.92 Å². The van der Waals surface area contributed by atoms with Crippen molar-refractivity contribution in [3.63, 3.8) is 0 Å². The summed E-state index contributed by atoms with van der Waals surface area (Å²) >= 11 is 0. The van der Waals surface area contributed by atoms with E-state index in [1.807, 2.05) is 0 Å². The molecule has 1 aliphatic rings. The summed E-state index contributed by atoms with van der Waals surface area (Å²) in [4.78, 5) is -1.19. The fourth-order valence-electron chi connectivity index (χ4n) is 2.00. The van der Waals surface area contributed by atoms with E-state index in [2.05, 4.69) is 0 Å². The van der Waals surface area contributed by atoms with Crippen LogP contribution in [0.25, 0.3) is 0 Å². The summed E-state index contributed by atoms with van der Waals surface area (Å²) in [5.74, 6) is -4.36. The molecule has 0 aromatic heterocycles. The molecule has 112 valence electrons. The monoisotopic (exact) mass is 309 g/mol. The van der Waals surface area contributed by atoms with E-state index in [-0.39, 0.29) is 19.0 Å². The van der Waals surface area contributed by atoms with Crippen LogP contribution in [-0.2, 0) is 10.0 Å². The lowest BCUT2D eigenvalue weighted by Gasteiger charge is -2.47. The van der Waals surface area contributed by atoms with Crippen LogP contribution in [-0.4, -0.2) is 36.5 Å². The van der Waals surface area contributed by atoms with E-state index in [4.69, 9.17) is 0 Å². The first-order valence-corrected chi connectivity index (χ1v) is 7.39. The molecule has 1 N–H and O–H groups in total. The number of rotatable bonds is 3. The molecule has 0 spiro atoms. The number of benzene rings is 1. The average Bonchev–Trinajstić information content (AvgIpc) is 2.22. The predicted molar refractivity (Wildman–Crippen MR) is 64.9 cm³/mol. The van der Waals surface area contributed by atoms with E-state index in [0.29, 0.717) is 12.1 Å². The molecule has 2 rings (SSSR count). The first kappa shape index (κ1) is 15.3. The standard InChI is InChI=1S/C12H14F3NO3S/c1-7(2)12(17)5-16(6-12)20(18,19)11-9(14)3-8(13)4-10(11)15/h3-4,7,17H,5-6H2,1-2H3. The molecule has 1 aromatic rings. The highest BCUT2D eigenvalue weighted by Gasteiger charge is 2.50. The highest BCUT2D eigenvalue weighted by molar-refractivity contribution is 7.89. The summed E-state index contributed by atoms with van der Waals surface area (Å²) in [7, 11) is -4.43. The summed E-state index contributed by atoms with van der Waals surface area (Å²) in [5.41, 5.74) is -1.21. The van der Waals surface area contributed by atoms with Gasteiger partial charge >= 0.3 is 0 Å². The molecule has 1 fully saturated rings. The Morgan fingerprint density at radius 2 is 1.65 bits per heavy atom. The maximum Gasteiger partial charge on any atom is 0.249 e. The van der Waals surface area contributed by atoms with E-state index in [1.54, 1.807) is 13.8 Å². The predicted octanol–water partition coefficient (Wildman–Crippen LogP) is 1.50. The zero-order chi connectivity index (χ0) is 15.3. The van der Waals surface area contributed by atoms with Gasteiger partial charge in [0.15, 0.2) is 4.90 Å². The van der Waals surface area contributed by atoms with E-state index in [0.717, 1.165) is 4.31 Å². The number of hydrogen-bond acceptors (Lipinski definition) is 3. The lowest BCUT2D eigenvalue weighted by molar-refractivity contribution is -0.0933. The zero-order valence-electron chi connectivity index (χ0n) is 10.9. The van der Waals surface area contributed by atoms with Crippen LogP contribution in [0, 0.1) is 23.4 Å². The fraction of sp³-hybridized carbons (Fsp3) is 0.500. The van der Waals surface area contributed by atoms with Gasteiger partial charge in [-0.05, 0) is 5.92 Å². The van der Waals surface area contributed by atoms with Crippen molar-refractivity contribution in [2.75, 3.05) is 13.1 Å². The number of sulfonamides is 1. The summed E-state index contributed by atoms with van der Waals surface area (Å²) < 4.78 is 64.8. The SMILES string of the molecule is CC(C)C1(O)CN(S(=O)(=O)c2c(F)cc(F)cc2F)C1. The number of nitrogens with zero attached hydrogens (tertiary/aromatic N) is 1. The largest absolute Gasteiger partial charge is 0.387 e. The van der Waals surface area contributed by atoms with Gasteiger partial charge in [-0.2, -0.15) is 4.31 Å². The first-order valence-electron chi connectivity index (χ1n) is 5.95. The quantitative estimate of drug-likeness (QED) is 0.920. The minimum atomic E-state index is -4.43. The Balaban J connectivity index is 2.35. The second-order valence-corrected chi connectivity index (χ2v) is 7.10. The van der Waals surface area contributed by atoms with Crippen molar-refractivity contribution in [3.05, 3.63) is 29.6 Å². The van der Waals surface area contributed by atoms with Crippen LogP contribution in [0.15, 0.2) is 17.0 Å². The minimum Gasteiger partial charge on any atom is -0.387 e. The molecule has 4 nitrogen and oxygen atoms in total. The molecule has 1 aliphatic heterocycles. The lowest BCUT2D eigenvalue weighted by Crippen LogP contribution is -2.65. The fourth-order valence-corrected chi connectivity index (χ4v) is 3.66. The number of aliphatic hydroxyl groups is 1. The van der Waals surface area contributed by atoms with Crippen LogP contribution < -0.4 is 0 Å². The van der Waals surface area contributed by atoms with Crippen molar-refractivity contribution < 1.29 is 26.7 Å². The number of halogens is 3. The molecule has 0 amide bonds. The summed E-state index contributed by atoms with van der Waals surface area (Å²) in [6, 6.07) is 0.620. The maximum atomic E-state index is 13.5. The Kier molecular flexibility index (Phi) is 3.60. The van der Waals surface area contributed by atoms with Crippen LogP contribution in [0.2, 0.25) is 0 Å². The molecular weight excluding hydrogens is 295 g/mol. The summed E-state index contributed by atoms with van der Waals surface area (Å²) in [5, 5.41) is 10.00. The summed E-state index contributed by atoms with van der Waals surface area (Å²) in [6.07, 6.45) is 0. The van der Waals surface area contributed by atoms with Crippen LogP contribution >= 0.6 is 0 Å². The second-order valence-electron chi connectivity index (χ2n) is 5.23. The molecule has 0 radical (unpaired) electrons. The van der Waals surface area contributed by atoms with E-state index >= 15 is 0 Å². The average molecular weight is 309 g/mol. The number of hydrogen-bond donors (Lipinski definition) is 1. The second kappa shape index (κ2) is 4.71. The molecular formula is C12H14F3NO3S. The Morgan fingerprint density at radius 3 is 2.05 bits per heavy atom. The van der Waals surface area contributed by atoms with Crippen molar-refractivity contribution >= 4 is 10.0 Å². The molecule has 0 bridgehead atoms. The van der Waals surface area contributed by atoms with Crippen molar-refractivity contribution in [3.8, 4) is 0 Å². The minimum absolute atomic E-state index is 0.197. The third-order valence-corrected chi connectivity index (χ3v) is 5.38. The topological polar surface area (TPSA) is 57.6 Å². The molecule has 0 saturated carbocycles. The molecule has 1 heterocycles. The molecule has 1 aromatic carbocycles. The molecule has 0 aliphatic carbocycles. The van der Waals surface area contributed by atoms with Crippen LogP contribution in [0.3, 0.4) is 0 Å². The van der Waals surface area contributed by atoms with Gasteiger partial charge in [0.25, 0.3) is 0 Å². The third-order valence-electron chi connectivity index (χ3n) is 3.54. The third kappa shape index (κ3) is 2.32. The summed E-state index contributed by atoms with van der Waals surface area (Å²) in [6.45, 7) is 2.93. The zero-order valence-corrected chi connectivity index (χ0v) is 11.7. The molecule has 1 saturated heterocycles. The van der Waals surface area contributed by atoms with Crippen molar-refractivity contribution in [2.45, 2.75) is 24.3 Å². The molecule has 20 heavy (non-hydrogen) atoms. The Labute approximate surface area is 114 Å². The van der Waals surface area contributed by atoms with Gasteiger partial charge in [-0.25, -0.2) is 21.6 Å². The highest BCUT2D eigenvalue weighted by atomic mass is 32.2.